The van der Waals surface area contributed by atoms with Crippen molar-refractivity contribution in [3.8, 4) is 5.75 Å². The lowest BCUT2D eigenvalue weighted by molar-refractivity contribution is -0.132. The molecular weight excluding hydrogens is 284 g/mol. The fraction of sp³-hybridized carbons (Fsp3) is 0.562. The van der Waals surface area contributed by atoms with Crippen LogP contribution in [0.25, 0.3) is 0 Å². The van der Waals surface area contributed by atoms with Crippen LogP contribution < -0.4 is 5.73 Å². The van der Waals surface area contributed by atoms with Crippen molar-refractivity contribution in [2.45, 2.75) is 37.5 Å². The molecule has 0 bridgehead atoms. The Balaban J connectivity index is 1.94. The Labute approximate surface area is 130 Å². The van der Waals surface area contributed by atoms with Crippen LogP contribution >= 0.6 is 11.8 Å². The number of benzene rings is 1. The highest BCUT2D eigenvalue weighted by Crippen LogP contribution is 2.30. The third kappa shape index (κ3) is 4.64. The zero-order valence-electron chi connectivity index (χ0n) is 12.7. The Morgan fingerprint density at radius 2 is 2.05 bits per heavy atom. The van der Waals surface area contributed by atoms with Crippen LogP contribution in [0.5, 0.6) is 5.75 Å². The van der Waals surface area contributed by atoms with E-state index in [0.29, 0.717) is 6.42 Å². The molecule has 0 aromatic heterocycles. The Morgan fingerprint density at radius 1 is 1.38 bits per heavy atom. The maximum atomic E-state index is 12.5. The van der Waals surface area contributed by atoms with Crippen molar-refractivity contribution in [3.63, 3.8) is 0 Å². The van der Waals surface area contributed by atoms with Crippen molar-refractivity contribution < 1.29 is 9.90 Å². The number of nitrogens with zero attached hydrogens (tertiary/aromatic N) is 1. The fourth-order valence-corrected chi connectivity index (χ4v) is 3.55. The summed E-state index contributed by atoms with van der Waals surface area (Å²) in [5.74, 6) is 1.22. The average Bonchev–Trinajstić information content (AvgIpc) is 2.61. The van der Waals surface area contributed by atoms with E-state index in [4.69, 9.17) is 5.73 Å². The van der Waals surface area contributed by atoms with Crippen molar-refractivity contribution in [2.75, 3.05) is 18.8 Å². The first kappa shape index (κ1) is 16.2. The van der Waals surface area contributed by atoms with Crippen LogP contribution in [0.3, 0.4) is 0 Å². The summed E-state index contributed by atoms with van der Waals surface area (Å²) in [4.78, 5) is 14.4. The van der Waals surface area contributed by atoms with Crippen molar-refractivity contribution in [2.24, 2.45) is 5.73 Å². The molecule has 3 N–H and O–H groups in total. The van der Waals surface area contributed by atoms with Gasteiger partial charge in [0.1, 0.15) is 5.75 Å². The Bertz CT molecular complexity index is 488. The molecule has 1 atom stereocenters. The van der Waals surface area contributed by atoms with Crippen LogP contribution in [-0.2, 0) is 11.2 Å². The summed E-state index contributed by atoms with van der Waals surface area (Å²) in [7, 11) is 0. The minimum Gasteiger partial charge on any atom is -0.508 e. The number of nitrogens with two attached hydrogens (primary N) is 1. The SMILES string of the molecule is CC1(C)CCN(C(=O)C(N)Cc2ccc(O)cc2)CCS1. The average molecular weight is 308 g/mol. The highest BCUT2D eigenvalue weighted by molar-refractivity contribution is 8.00. The number of amides is 1. The largest absolute Gasteiger partial charge is 0.508 e. The van der Waals surface area contributed by atoms with E-state index in [0.717, 1.165) is 30.8 Å². The molecule has 5 heteroatoms. The van der Waals surface area contributed by atoms with Crippen molar-refractivity contribution in [1.29, 1.82) is 0 Å². The van der Waals surface area contributed by atoms with E-state index in [9.17, 15) is 9.90 Å². The van der Waals surface area contributed by atoms with Crippen LogP contribution in [0.4, 0.5) is 0 Å². The zero-order chi connectivity index (χ0) is 15.5. The molecule has 21 heavy (non-hydrogen) atoms. The highest BCUT2D eigenvalue weighted by Gasteiger charge is 2.28. The molecule has 1 heterocycles. The smallest absolute Gasteiger partial charge is 0.239 e. The van der Waals surface area contributed by atoms with Gasteiger partial charge in [-0.15, -0.1) is 0 Å². The molecule has 0 radical (unpaired) electrons. The van der Waals surface area contributed by atoms with E-state index >= 15 is 0 Å². The van der Waals surface area contributed by atoms with E-state index in [1.54, 1.807) is 12.1 Å². The second-order valence-corrected chi connectivity index (χ2v) is 7.96. The Hall–Kier alpha value is -1.20. The van der Waals surface area contributed by atoms with E-state index in [1.807, 2.05) is 28.8 Å². The number of rotatable bonds is 3. The van der Waals surface area contributed by atoms with Crippen LogP contribution in [0.2, 0.25) is 0 Å². The molecule has 1 amide bonds. The number of hydrogen-bond donors (Lipinski definition) is 2. The van der Waals surface area contributed by atoms with E-state index in [-0.39, 0.29) is 16.4 Å². The predicted molar refractivity (Wildman–Crippen MR) is 87.5 cm³/mol. The van der Waals surface area contributed by atoms with Crippen LogP contribution in [0, 0.1) is 0 Å². The molecule has 1 aromatic rings. The predicted octanol–water partition coefficient (Wildman–Crippen LogP) is 2.01. The second kappa shape index (κ2) is 6.71. The molecule has 1 fully saturated rings. The van der Waals surface area contributed by atoms with Crippen molar-refractivity contribution in [1.82, 2.24) is 4.90 Å². The molecule has 116 valence electrons. The number of carbonyl (C=O) groups excluding carboxylic acids is 1. The minimum atomic E-state index is -0.513. The maximum absolute atomic E-state index is 12.5. The quantitative estimate of drug-likeness (QED) is 0.896. The molecular formula is C16H24N2O2S. The third-order valence-electron chi connectivity index (χ3n) is 3.86. The van der Waals surface area contributed by atoms with Gasteiger partial charge in [0.25, 0.3) is 0 Å². The van der Waals surface area contributed by atoms with Gasteiger partial charge in [-0.05, 0) is 30.5 Å². The van der Waals surface area contributed by atoms with Gasteiger partial charge in [-0.2, -0.15) is 11.8 Å². The van der Waals surface area contributed by atoms with Crippen LogP contribution in [0.1, 0.15) is 25.8 Å². The molecule has 1 unspecified atom stereocenters. The van der Waals surface area contributed by atoms with Gasteiger partial charge in [0, 0.05) is 23.6 Å². The van der Waals surface area contributed by atoms with Crippen LogP contribution in [-0.4, -0.2) is 45.5 Å². The van der Waals surface area contributed by atoms with Gasteiger partial charge in [-0.3, -0.25) is 4.79 Å². The number of phenolic OH excluding ortho intramolecular Hbond substituents is 1. The molecule has 1 saturated heterocycles. The molecule has 4 nitrogen and oxygen atoms in total. The summed E-state index contributed by atoms with van der Waals surface area (Å²) < 4.78 is 0.232. The lowest BCUT2D eigenvalue weighted by Crippen LogP contribution is -2.46. The summed E-state index contributed by atoms with van der Waals surface area (Å²) in [6, 6.07) is 6.35. The molecule has 0 spiro atoms. The zero-order valence-corrected chi connectivity index (χ0v) is 13.5. The Morgan fingerprint density at radius 3 is 2.71 bits per heavy atom. The van der Waals surface area contributed by atoms with E-state index in [1.165, 1.54) is 0 Å². The maximum Gasteiger partial charge on any atom is 0.239 e. The molecule has 1 aromatic carbocycles. The summed E-state index contributed by atoms with van der Waals surface area (Å²) in [5, 5.41) is 9.28. The number of hydrogen-bond acceptors (Lipinski definition) is 4. The van der Waals surface area contributed by atoms with E-state index < -0.39 is 6.04 Å². The van der Waals surface area contributed by atoms with Gasteiger partial charge in [-0.25, -0.2) is 0 Å². The van der Waals surface area contributed by atoms with Gasteiger partial charge in [0.05, 0.1) is 6.04 Å². The molecule has 0 aliphatic carbocycles. The molecule has 1 aliphatic rings. The first-order valence-corrected chi connectivity index (χ1v) is 8.32. The second-order valence-electron chi connectivity index (χ2n) is 6.16. The molecule has 1 aliphatic heterocycles. The van der Waals surface area contributed by atoms with Gasteiger partial charge in [0.15, 0.2) is 0 Å². The van der Waals surface area contributed by atoms with E-state index in [2.05, 4.69) is 13.8 Å². The third-order valence-corrected chi connectivity index (χ3v) is 5.23. The summed E-state index contributed by atoms with van der Waals surface area (Å²) in [6.45, 7) is 6.00. The monoisotopic (exact) mass is 308 g/mol. The lowest BCUT2D eigenvalue weighted by atomic mass is 10.0. The number of carbonyl (C=O) groups is 1. The Kier molecular flexibility index (Phi) is 5.17. The topological polar surface area (TPSA) is 66.6 Å². The summed E-state index contributed by atoms with van der Waals surface area (Å²) in [6.07, 6.45) is 1.50. The first-order chi connectivity index (χ1) is 9.87. The normalized spacial score (nSPS) is 19.9. The highest BCUT2D eigenvalue weighted by atomic mass is 32.2. The molecule has 0 saturated carbocycles. The first-order valence-electron chi connectivity index (χ1n) is 7.34. The van der Waals surface area contributed by atoms with Gasteiger partial charge in [-0.1, -0.05) is 26.0 Å². The fourth-order valence-electron chi connectivity index (χ4n) is 2.45. The van der Waals surface area contributed by atoms with Crippen molar-refractivity contribution in [3.05, 3.63) is 29.8 Å². The lowest BCUT2D eigenvalue weighted by Gasteiger charge is -2.25. The standard InChI is InChI=1S/C16H24N2O2S/c1-16(2)7-8-18(9-10-21-16)15(20)14(17)11-12-3-5-13(19)6-4-12/h3-6,14,19H,7-11,17H2,1-2H3. The summed E-state index contributed by atoms with van der Waals surface area (Å²) >= 11 is 1.92. The summed E-state index contributed by atoms with van der Waals surface area (Å²) in [5.41, 5.74) is 7.05. The minimum absolute atomic E-state index is 0.0291. The number of phenols is 1. The van der Waals surface area contributed by atoms with Crippen LogP contribution in [0.15, 0.2) is 24.3 Å². The van der Waals surface area contributed by atoms with Gasteiger partial charge < -0.3 is 15.7 Å². The van der Waals surface area contributed by atoms with Gasteiger partial charge in [0.2, 0.25) is 5.91 Å². The number of aromatic hydroxyl groups is 1. The molecule has 2 rings (SSSR count). The van der Waals surface area contributed by atoms with Crippen molar-refractivity contribution >= 4 is 17.7 Å². The van der Waals surface area contributed by atoms with Gasteiger partial charge >= 0.3 is 0 Å². The number of thioether (sulfide) groups is 1.